The highest BCUT2D eigenvalue weighted by Crippen LogP contribution is 2.19. The van der Waals surface area contributed by atoms with Gasteiger partial charge < -0.3 is 15.4 Å². The van der Waals surface area contributed by atoms with Crippen LogP contribution in [0.3, 0.4) is 0 Å². The molecule has 0 radical (unpaired) electrons. The first-order chi connectivity index (χ1) is 14.0. The van der Waals surface area contributed by atoms with Gasteiger partial charge in [0.2, 0.25) is 11.8 Å². The van der Waals surface area contributed by atoms with Crippen LogP contribution in [-0.2, 0) is 27.2 Å². The molecule has 1 heterocycles. The molecule has 3 aromatic rings. The molecule has 29 heavy (non-hydrogen) atoms. The molecular weight excluding hydrogens is 410 g/mol. The number of nitrogens with zero attached hydrogens (tertiary/aromatic N) is 1. The topological polar surface area (TPSA) is 80.3 Å². The number of nitrogens with one attached hydrogen (secondary N) is 2. The Labute approximate surface area is 177 Å². The minimum absolute atomic E-state index is 0.0298. The van der Waals surface area contributed by atoms with Gasteiger partial charge in [0.25, 0.3) is 0 Å². The molecule has 0 saturated carbocycles. The lowest BCUT2D eigenvalue weighted by atomic mass is 10.2. The lowest BCUT2D eigenvalue weighted by Gasteiger charge is -2.08. The normalized spacial score (nSPS) is 10.6. The molecular formula is C21H20ClN3O3S. The van der Waals surface area contributed by atoms with Crippen molar-refractivity contribution in [1.29, 1.82) is 0 Å². The Bertz CT molecular complexity index is 1010. The third-order valence-corrected chi connectivity index (χ3v) is 5.02. The molecule has 0 bridgehead atoms. The van der Waals surface area contributed by atoms with Crippen LogP contribution in [0.25, 0.3) is 0 Å². The number of halogens is 1. The van der Waals surface area contributed by atoms with E-state index in [9.17, 15) is 9.59 Å². The number of carbonyl (C=O) groups excluding carboxylic acids is 2. The zero-order valence-corrected chi connectivity index (χ0v) is 17.3. The van der Waals surface area contributed by atoms with Gasteiger partial charge in [0.05, 0.1) is 17.1 Å². The number of anilines is 2. The summed E-state index contributed by atoms with van der Waals surface area (Å²) in [5, 5.41) is 9.04. The molecule has 3 rings (SSSR count). The predicted molar refractivity (Wildman–Crippen MR) is 116 cm³/mol. The lowest BCUT2D eigenvalue weighted by molar-refractivity contribution is -0.119. The number of hydrogen-bond acceptors (Lipinski definition) is 5. The Morgan fingerprint density at radius 3 is 2.52 bits per heavy atom. The molecule has 1 aromatic heterocycles. The minimum Gasteiger partial charge on any atom is -0.375 e. The van der Waals surface area contributed by atoms with Crippen LogP contribution in [0, 0.1) is 0 Å². The summed E-state index contributed by atoms with van der Waals surface area (Å²) in [6.45, 7) is -0.0298. The van der Waals surface area contributed by atoms with E-state index in [1.54, 1.807) is 24.3 Å². The van der Waals surface area contributed by atoms with Crippen LogP contribution in [0.4, 0.5) is 11.4 Å². The zero-order chi connectivity index (χ0) is 20.6. The maximum atomic E-state index is 12.4. The Hall–Kier alpha value is -2.74. The first-order valence-corrected chi connectivity index (χ1v) is 10.1. The molecule has 0 aliphatic rings. The van der Waals surface area contributed by atoms with Crippen LogP contribution in [0.5, 0.6) is 0 Å². The average Bonchev–Trinajstić information content (AvgIpc) is 3.08. The number of benzene rings is 2. The maximum absolute atomic E-state index is 12.4. The number of thiazole rings is 1. The highest BCUT2D eigenvalue weighted by atomic mass is 35.5. The molecule has 0 aliphatic carbocycles. The van der Waals surface area contributed by atoms with Gasteiger partial charge in [0.15, 0.2) is 0 Å². The summed E-state index contributed by atoms with van der Waals surface area (Å²) in [6, 6.07) is 14.6. The van der Waals surface area contributed by atoms with E-state index in [4.69, 9.17) is 16.3 Å². The van der Waals surface area contributed by atoms with Gasteiger partial charge in [0, 0.05) is 35.3 Å². The van der Waals surface area contributed by atoms with Crippen molar-refractivity contribution in [2.45, 2.75) is 12.8 Å². The lowest BCUT2D eigenvalue weighted by Crippen LogP contribution is -2.18. The Morgan fingerprint density at radius 1 is 1.07 bits per heavy atom. The second kappa shape index (κ2) is 10.2. The molecule has 2 aromatic carbocycles. The Morgan fingerprint density at radius 2 is 1.79 bits per heavy atom. The van der Waals surface area contributed by atoms with Gasteiger partial charge in [-0.2, -0.15) is 0 Å². The molecule has 0 fully saturated rings. The fourth-order valence-electron chi connectivity index (χ4n) is 2.71. The fourth-order valence-corrected chi connectivity index (χ4v) is 3.75. The van der Waals surface area contributed by atoms with Crippen LogP contribution in [0.1, 0.15) is 16.3 Å². The highest BCUT2D eigenvalue weighted by Gasteiger charge is 2.10. The quantitative estimate of drug-likeness (QED) is 0.563. The number of ether oxygens (including phenoxy) is 1. The Kier molecular flexibility index (Phi) is 7.35. The number of amides is 2. The standard InChI is InChI=1S/C21H20ClN3O3S/c1-28-12-20(27)24-17-7-3-6-16(10-17)23-19(26)11-18-13-29-21(25-18)9-14-4-2-5-15(22)8-14/h2-8,10,13H,9,11-12H2,1H3,(H,23,26)(H,24,27). The SMILES string of the molecule is COCC(=O)Nc1cccc(NC(=O)Cc2csc(Cc3cccc(Cl)c3)n2)c1. The summed E-state index contributed by atoms with van der Waals surface area (Å²) in [5.41, 5.74) is 2.98. The van der Waals surface area contributed by atoms with E-state index in [1.807, 2.05) is 29.6 Å². The third kappa shape index (κ3) is 6.67. The molecule has 0 aliphatic heterocycles. The van der Waals surface area contributed by atoms with Gasteiger partial charge in [0.1, 0.15) is 6.61 Å². The fraction of sp³-hybridized carbons (Fsp3) is 0.190. The molecule has 0 spiro atoms. The van der Waals surface area contributed by atoms with Gasteiger partial charge in [-0.1, -0.05) is 29.8 Å². The van der Waals surface area contributed by atoms with Gasteiger partial charge >= 0.3 is 0 Å². The molecule has 6 nitrogen and oxygen atoms in total. The number of methoxy groups -OCH3 is 1. The van der Waals surface area contributed by atoms with Crippen molar-refractivity contribution in [1.82, 2.24) is 4.98 Å². The van der Waals surface area contributed by atoms with Crippen molar-refractivity contribution in [3.05, 3.63) is 75.2 Å². The van der Waals surface area contributed by atoms with Crippen LogP contribution in [0.15, 0.2) is 53.9 Å². The second-order valence-corrected chi connectivity index (χ2v) is 7.71. The van der Waals surface area contributed by atoms with Crippen molar-refractivity contribution >= 4 is 46.1 Å². The summed E-state index contributed by atoms with van der Waals surface area (Å²) >= 11 is 7.54. The highest BCUT2D eigenvalue weighted by molar-refractivity contribution is 7.09. The molecule has 150 valence electrons. The smallest absolute Gasteiger partial charge is 0.250 e. The van der Waals surface area contributed by atoms with E-state index in [-0.39, 0.29) is 24.8 Å². The predicted octanol–water partition coefficient (Wildman–Crippen LogP) is 4.15. The molecule has 0 saturated heterocycles. The van der Waals surface area contributed by atoms with E-state index in [1.165, 1.54) is 18.4 Å². The number of carbonyl (C=O) groups is 2. The minimum atomic E-state index is -0.259. The van der Waals surface area contributed by atoms with Crippen molar-refractivity contribution in [2.24, 2.45) is 0 Å². The molecule has 2 N–H and O–H groups in total. The summed E-state index contributed by atoms with van der Waals surface area (Å²) in [7, 11) is 1.45. The van der Waals surface area contributed by atoms with Crippen LogP contribution in [0.2, 0.25) is 5.02 Å². The van der Waals surface area contributed by atoms with Crippen LogP contribution in [-0.4, -0.2) is 30.5 Å². The molecule has 8 heteroatoms. The monoisotopic (exact) mass is 429 g/mol. The van der Waals surface area contributed by atoms with E-state index in [0.717, 1.165) is 10.6 Å². The van der Waals surface area contributed by atoms with Crippen molar-refractivity contribution < 1.29 is 14.3 Å². The largest absolute Gasteiger partial charge is 0.375 e. The zero-order valence-electron chi connectivity index (χ0n) is 15.8. The second-order valence-electron chi connectivity index (χ2n) is 6.33. The molecule has 0 atom stereocenters. The first-order valence-electron chi connectivity index (χ1n) is 8.88. The Balaban J connectivity index is 1.56. The van der Waals surface area contributed by atoms with Crippen molar-refractivity contribution in [2.75, 3.05) is 24.4 Å². The first kappa shape index (κ1) is 21.0. The number of aromatic nitrogens is 1. The third-order valence-electron chi connectivity index (χ3n) is 3.89. The van der Waals surface area contributed by atoms with E-state index in [0.29, 0.717) is 28.5 Å². The van der Waals surface area contributed by atoms with Crippen molar-refractivity contribution in [3.63, 3.8) is 0 Å². The summed E-state index contributed by atoms with van der Waals surface area (Å²) in [4.78, 5) is 28.5. The summed E-state index contributed by atoms with van der Waals surface area (Å²) in [5.74, 6) is -0.435. The molecule has 2 amide bonds. The van der Waals surface area contributed by atoms with E-state index in [2.05, 4.69) is 15.6 Å². The molecule has 0 unspecified atom stereocenters. The number of rotatable bonds is 8. The van der Waals surface area contributed by atoms with Crippen LogP contribution < -0.4 is 10.6 Å². The average molecular weight is 430 g/mol. The van der Waals surface area contributed by atoms with Gasteiger partial charge in [-0.25, -0.2) is 4.98 Å². The summed E-state index contributed by atoms with van der Waals surface area (Å²) in [6.07, 6.45) is 0.850. The number of hydrogen-bond donors (Lipinski definition) is 2. The van der Waals surface area contributed by atoms with Crippen molar-refractivity contribution in [3.8, 4) is 0 Å². The summed E-state index contributed by atoms with van der Waals surface area (Å²) < 4.78 is 4.79. The van der Waals surface area contributed by atoms with Gasteiger partial charge in [-0.3, -0.25) is 9.59 Å². The van der Waals surface area contributed by atoms with E-state index < -0.39 is 0 Å². The van der Waals surface area contributed by atoms with Gasteiger partial charge in [-0.15, -0.1) is 11.3 Å². The van der Waals surface area contributed by atoms with Crippen LogP contribution >= 0.6 is 22.9 Å². The maximum Gasteiger partial charge on any atom is 0.250 e. The van der Waals surface area contributed by atoms with Gasteiger partial charge in [-0.05, 0) is 35.9 Å². The van der Waals surface area contributed by atoms with E-state index >= 15 is 0 Å².